The number of nitrogens with zero attached hydrogens (tertiary/aromatic N) is 1. The summed E-state index contributed by atoms with van der Waals surface area (Å²) in [4.78, 5) is 12.1. The van der Waals surface area contributed by atoms with Gasteiger partial charge in [-0.05, 0) is 49.2 Å². The highest BCUT2D eigenvalue weighted by molar-refractivity contribution is 5.96. The average Bonchev–Trinajstić information content (AvgIpc) is 2.67. The molecule has 0 atom stereocenters. The highest BCUT2D eigenvalue weighted by atomic mass is 19.4. The lowest BCUT2D eigenvalue weighted by molar-refractivity contribution is -0.137. The van der Waals surface area contributed by atoms with Crippen LogP contribution in [0.2, 0.25) is 0 Å². The number of hydrazone groups is 1. The van der Waals surface area contributed by atoms with Crippen LogP contribution in [0.1, 0.15) is 41.8 Å². The Hall–Kier alpha value is -3.03. The predicted molar refractivity (Wildman–Crippen MR) is 99.9 cm³/mol. The number of halogens is 3. The Kier molecular flexibility index (Phi) is 7.43. The highest BCUT2D eigenvalue weighted by Crippen LogP contribution is 2.32. The van der Waals surface area contributed by atoms with E-state index in [4.69, 9.17) is 9.47 Å². The zero-order valence-electron chi connectivity index (χ0n) is 15.5. The van der Waals surface area contributed by atoms with Crippen LogP contribution in [0.4, 0.5) is 13.2 Å². The molecule has 1 amide bonds. The molecule has 0 heterocycles. The van der Waals surface area contributed by atoms with Crippen molar-refractivity contribution in [3.05, 3.63) is 59.2 Å². The molecule has 0 aliphatic carbocycles. The number of rotatable bonds is 8. The molecule has 5 nitrogen and oxygen atoms in total. The number of alkyl halides is 3. The third-order valence-electron chi connectivity index (χ3n) is 3.59. The van der Waals surface area contributed by atoms with Crippen molar-refractivity contribution in [1.29, 1.82) is 0 Å². The van der Waals surface area contributed by atoms with E-state index in [1.54, 1.807) is 18.2 Å². The zero-order valence-corrected chi connectivity index (χ0v) is 15.5. The lowest BCUT2D eigenvalue weighted by Crippen LogP contribution is -2.22. The van der Waals surface area contributed by atoms with Crippen molar-refractivity contribution >= 4 is 12.1 Å². The number of benzene rings is 2. The molecule has 0 saturated heterocycles. The van der Waals surface area contributed by atoms with Crippen LogP contribution in [0, 0.1) is 0 Å². The van der Waals surface area contributed by atoms with Crippen molar-refractivity contribution in [2.45, 2.75) is 26.4 Å². The number of hydrogen-bond acceptors (Lipinski definition) is 4. The maximum absolute atomic E-state index is 13.0. The largest absolute Gasteiger partial charge is 0.490 e. The van der Waals surface area contributed by atoms with Gasteiger partial charge in [-0.15, -0.1) is 0 Å². The molecule has 2 aromatic rings. The lowest BCUT2D eigenvalue weighted by Gasteiger charge is -2.12. The maximum Gasteiger partial charge on any atom is 0.417 e. The summed E-state index contributed by atoms with van der Waals surface area (Å²) >= 11 is 0. The van der Waals surface area contributed by atoms with Gasteiger partial charge in [0.25, 0.3) is 5.91 Å². The SMILES string of the molecule is CCCOc1ccc(C=NNC(=O)c2ccccc2C(F)(F)F)cc1OCC. The van der Waals surface area contributed by atoms with E-state index in [-0.39, 0.29) is 0 Å². The molecule has 2 rings (SSSR count). The summed E-state index contributed by atoms with van der Waals surface area (Å²) in [6.45, 7) is 4.81. The van der Waals surface area contributed by atoms with Crippen LogP contribution in [0.5, 0.6) is 11.5 Å². The first kappa shape index (κ1) is 21.3. The normalized spacial score (nSPS) is 11.5. The van der Waals surface area contributed by atoms with Crippen molar-refractivity contribution in [2.24, 2.45) is 5.10 Å². The van der Waals surface area contributed by atoms with Crippen LogP contribution >= 0.6 is 0 Å². The van der Waals surface area contributed by atoms with Crippen LogP contribution in [0.25, 0.3) is 0 Å². The van der Waals surface area contributed by atoms with Gasteiger partial charge in [-0.3, -0.25) is 4.79 Å². The van der Waals surface area contributed by atoms with E-state index in [1.807, 2.05) is 13.8 Å². The second-order valence-corrected chi connectivity index (χ2v) is 5.73. The Morgan fingerprint density at radius 3 is 2.54 bits per heavy atom. The predicted octanol–water partition coefficient (Wildman–Crippen LogP) is 4.66. The van der Waals surface area contributed by atoms with Crippen molar-refractivity contribution in [2.75, 3.05) is 13.2 Å². The van der Waals surface area contributed by atoms with Crippen LogP contribution in [-0.4, -0.2) is 25.3 Å². The smallest absolute Gasteiger partial charge is 0.417 e. The van der Waals surface area contributed by atoms with Crippen LogP contribution in [0.3, 0.4) is 0 Å². The number of carbonyl (C=O) groups excluding carboxylic acids is 1. The number of nitrogens with one attached hydrogen (secondary N) is 1. The monoisotopic (exact) mass is 394 g/mol. The van der Waals surface area contributed by atoms with E-state index in [1.165, 1.54) is 18.3 Å². The van der Waals surface area contributed by atoms with Gasteiger partial charge in [-0.1, -0.05) is 19.1 Å². The van der Waals surface area contributed by atoms with Gasteiger partial charge in [0.2, 0.25) is 0 Å². The Morgan fingerprint density at radius 2 is 1.86 bits per heavy atom. The third kappa shape index (κ3) is 5.73. The molecule has 150 valence electrons. The fourth-order valence-corrected chi connectivity index (χ4v) is 2.36. The van der Waals surface area contributed by atoms with Gasteiger partial charge in [0.1, 0.15) is 0 Å². The molecular formula is C20H21F3N2O3. The fourth-order valence-electron chi connectivity index (χ4n) is 2.36. The van der Waals surface area contributed by atoms with Gasteiger partial charge < -0.3 is 9.47 Å². The third-order valence-corrected chi connectivity index (χ3v) is 3.59. The Bertz CT molecular complexity index is 836. The van der Waals surface area contributed by atoms with E-state index >= 15 is 0 Å². The standard InChI is InChI=1S/C20H21F3N2O3/c1-3-11-28-17-10-9-14(12-18(17)27-4-2)13-24-25-19(26)15-7-5-6-8-16(15)20(21,22)23/h5-10,12-13H,3-4,11H2,1-2H3,(H,25,26). The van der Waals surface area contributed by atoms with Crippen LogP contribution < -0.4 is 14.9 Å². The van der Waals surface area contributed by atoms with Crippen LogP contribution in [-0.2, 0) is 6.18 Å². The molecule has 0 aromatic heterocycles. The second kappa shape index (κ2) is 9.77. The molecular weight excluding hydrogens is 373 g/mol. The van der Waals surface area contributed by atoms with E-state index in [9.17, 15) is 18.0 Å². The van der Waals surface area contributed by atoms with E-state index < -0.39 is 23.2 Å². The molecule has 0 aliphatic heterocycles. The lowest BCUT2D eigenvalue weighted by atomic mass is 10.1. The summed E-state index contributed by atoms with van der Waals surface area (Å²) in [7, 11) is 0. The van der Waals surface area contributed by atoms with Gasteiger partial charge in [0, 0.05) is 0 Å². The Labute approximate surface area is 161 Å². The minimum atomic E-state index is -4.63. The molecule has 8 heteroatoms. The summed E-state index contributed by atoms with van der Waals surface area (Å²) in [6.07, 6.45) is -2.46. The van der Waals surface area contributed by atoms with E-state index in [0.29, 0.717) is 30.3 Å². The first-order valence-corrected chi connectivity index (χ1v) is 8.76. The molecule has 0 bridgehead atoms. The number of amides is 1. The quantitative estimate of drug-likeness (QED) is 0.523. The van der Waals surface area contributed by atoms with Crippen molar-refractivity contribution < 1.29 is 27.4 Å². The Morgan fingerprint density at radius 1 is 1.11 bits per heavy atom. The highest BCUT2D eigenvalue weighted by Gasteiger charge is 2.34. The molecule has 0 spiro atoms. The molecule has 0 fully saturated rings. The molecule has 0 unspecified atom stereocenters. The van der Waals surface area contributed by atoms with Gasteiger partial charge in [-0.2, -0.15) is 18.3 Å². The van der Waals surface area contributed by atoms with Gasteiger partial charge >= 0.3 is 6.18 Å². The zero-order chi connectivity index (χ0) is 20.6. The molecule has 0 radical (unpaired) electrons. The topological polar surface area (TPSA) is 59.9 Å². The number of hydrogen-bond donors (Lipinski definition) is 1. The van der Waals surface area contributed by atoms with E-state index in [2.05, 4.69) is 10.5 Å². The Balaban J connectivity index is 2.12. The second-order valence-electron chi connectivity index (χ2n) is 5.73. The van der Waals surface area contributed by atoms with Crippen molar-refractivity contribution in [3.8, 4) is 11.5 Å². The van der Waals surface area contributed by atoms with E-state index in [0.717, 1.165) is 18.6 Å². The summed E-state index contributed by atoms with van der Waals surface area (Å²) in [5.41, 5.74) is 1.20. The maximum atomic E-state index is 13.0. The first-order chi connectivity index (χ1) is 13.4. The van der Waals surface area contributed by atoms with Crippen molar-refractivity contribution in [1.82, 2.24) is 5.43 Å². The summed E-state index contributed by atoms with van der Waals surface area (Å²) in [5, 5.41) is 3.75. The minimum Gasteiger partial charge on any atom is -0.490 e. The molecule has 28 heavy (non-hydrogen) atoms. The van der Waals surface area contributed by atoms with Crippen LogP contribution in [0.15, 0.2) is 47.6 Å². The van der Waals surface area contributed by atoms with Gasteiger partial charge in [0.15, 0.2) is 11.5 Å². The molecule has 2 aromatic carbocycles. The number of ether oxygens (including phenoxy) is 2. The van der Waals surface area contributed by atoms with Gasteiger partial charge in [-0.25, -0.2) is 5.43 Å². The van der Waals surface area contributed by atoms with Crippen molar-refractivity contribution in [3.63, 3.8) is 0 Å². The summed E-state index contributed by atoms with van der Waals surface area (Å²) in [5.74, 6) is 0.162. The molecule has 0 saturated carbocycles. The first-order valence-electron chi connectivity index (χ1n) is 8.76. The minimum absolute atomic E-state index is 0.439. The molecule has 0 aliphatic rings. The van der Waals surface area contributed by atoms with Gasteiger partial charge in [0.05, 0.1) is 30.6 Å². The number of carbonyl (C=O) groups is 1. The fraction of sp³-hybridized carbons (Fsp3) is 0.300. The summed E-state index contributed by atoms with van der Waals surface area (Å²) in [6, 6.07) is 9.61. The summed E-state index contributed by atoms with van der Waals surface area (Å²) < 4.78 is 50.1. The molecule has 1 N–H and O–H groups in total. The average molecular weight is 394 g/mol.